The molecule has 0 aromatic carbocycles. The van der Waals surface area contributed by atoms with Crippen LogP contribution in [-0.4, -0.2) is 17.1 Å². The molecule has 0 aliphatic carbocycles. The maximum atomic E-state index is 10.6. The van der Waals surface area contributed by atoms with E-state index in [4.69, 9.17) is 0 Å². The zero-order chi connectivity index (χ0) is 6.85. The SMILES string of the molecule is CC1N=NC([S-])=NC1=O.[Pt+2]. The molecule has 0 saturated carbocycles. The summed E-state index contributed by atoms with van der Waals surface area (Å²) < 4.78 is 0. The fraction of sp³-hybridized carbons (Fsp3) is 0.500. The maximum absolute atomic E-state index is 10.6. The first-order chi connectivity index (χ1) is 4.20. The zero-order valence-electron chi connectivity index (χ0n) is 5.05. The van der Waals surface area contributed by atoms with E-state index in [-0.39, 0.29) is 32.1 Å². The molecule has 1 atom stereocenters. The number of hydrogen-bond acceptors (Lipinski definition) is 4. The molecule has 56 valence electrons. The number of carbonyl (C=O) groups is 1. The van der Waals surface area contributed by atoms with E-state index in [2.05, 4.69) is 27.8 Å². The van der Waals surface area contributed by atoms with E-state index < -0.39 is 6.04 Å². The Balaban J connectivity index is 0.000000810. The first kappa shape index (κ1) is 9.85. The van der Waals surface area contributed by atoms with Crippen molar-refractivity contribution in [2.24, 2.45) is 15.2 Å². The van der Waals surface area contributed by atoms with Crippen molar-refractivity contribution in [3.8, 4) is 0 Å². The monoisotopic (exact) mass is 337 g/mol. The van der Waals surface area contributed by atoms with Crippen LogP contribution in [0, 0.1) is 0 Å². The first-order valence-electron chi connectivity index (χ1n) is 2.40. The maximum Gasteiger partial charge on any atom is 2.00 e. The predicted octanol–water partition coefficient (Wildman–Crippen LogP) is 0.268. The molecular weight excluding hydrogens is 333 g/mol. The Labute approximate surface area is 77.9 Å². The number of nitrogens with zero attached hydrogens (tertiary/aromatic N) is 3. The van der Waals surface area contributed by atoms with Gasteiger partial charge in [0.25, 0.3) is 5.91 Å². The largest absolute Gasteiger partial charge is 2.00 e. The zero-order valence-corrected chi connectivity index (χ0v) is 8.14. The van der Waals surface area contributed by atoms with E-state index in [1.165, 1.54) is 0 Å². The molecule has 1 unspecified atom stereocenters. The fourth-order valence-corrected chi connectivity index (χ4v) is 0.533. The fourth-order valence-electron chi connectivity index (χ4n) is 0.395. The normalized spacial score (nSPS) is 23.5. The average molecular weight is 337 g/mol. The molecule has 0 saturated heterocycles. The van der Waals surface area contributed by atoms with Gasteiger partial charge >= 0.3 is 21.1 Å². The molecule has 1 aliphatic heterocycles. The summed E-state index contributed by atoms with van der Waals surface area (Å²) in [6, 6.07) is -0.448. The van der Waals surface area contributed by atoms with Crippen molar-refractivity contribution in [1.29, 1.82) is 0 Å². The van der Waals surface area contributed by atoms with Crippen LogP contribution in [0.1, 0.15) is 6.92 Å². The average Bonchev–Trinajstić information content (AvgIpc) is 1.80. The van der Waals surface area contributed by atoms with Crippen molar-refractivity contribution in [3.05, 3.63) is 0 Å². The quantitative estimate of drug-likeness (QED) is 0.596. The predicted molar refractivity (Wildman–Crippen MR) is 34.1 cm³/mol. The summed E-state index contributed by atoms with van der Waals surface area (Å²) >= 11 is 4.49. The Morgan fingerprint density at radius 3 is 2.60 bits per heavy atom. The molecule has 10 heavy (non-hydrogen) atoms. The second-order valence-electron chi connectivity index (χ2n) is 1.62. The van der Waals surface area contributed by atoms with E-state index in [0.717, 1.165) is 0 Å². The van der Waals surface area contributed by atoms with Crippen LogP contribution in [0.4, 0.5) is 0 Å². The van der Waals surface area contributed by atoms with Gasteiger partial charge in [-0.05, 0) is 6.92 Å². The minimum atomic E-state index is -0.448. The van der Waals surface area contributed by atoms with Crippen molar-refractivity contribution >= 4 is 23.7 Å². The molecule has 0 fully saturated rings. The second kappa shape index (κ2) is 3.88. The van der Waals surface area contributed by atoms with Crippen LogP contribution in [0.2, 0.25) is 0 Å². The minimum Gasteiger partial charge on any atom is -0.738 e. The van der Waals surface area contributed by atoms with E-state index in [1.807, 2.05) is 0 Å². The van der Waals surface area contributed by atoms with E-state index in [1.54, 1.807) is 6.92 Å². The number of aliphatic imine (C=N–C) groups is 1. The Morgan fingerprint density at radius 2 is 2.20 bits per heavy atom. The third-order valence-corrected chi connectivity index (χ3v) is 1.05. The Bertz CT molecular complexity index is 203. The smallest absolute Gasteiger partial charge is 0.738 e. The summed E-state index contributed by atoms with van der Waals surface area (Å²) in [5.74, 6) is -0.310. The summed E-state index contributed by atoms with van der Waals surface area (Å²) in [5, 5.41) is 6.99. The molecule has 0 bridgehead atoms. The third-order valence-electron chi connectivity index (χ3n) is 0.880. The Morgan fingerprint density at radius 1 is 1.60 bits per heavy atom. The van der Waals surface area contributed by atoms with Crippen molar-refractivity contribution < 1.29 is 25.9 Å². The van der Waals surface area contributed by atoms with Crippen LogP contribution >= 0.6 is 0 Å². The van der Waals surface area contributed by atoms with Crippen LogP contribution in [0.15, 0.2) is 15.2 Å². The van der Waals surface area contributed by atoms with Gasteiger partial charge in [-0.25, -0.2) is 4.99 Å². The van der Waals surface area contributed by atoms with Gasteiger partial charge < -0.3 is 12.6 Å². The van der Waals surface area contributed by atoms with Crippen molar-refractivity contribution in [2.45, 2.75) is 13.0 Å². The molecule has 0 radical (unpaired) electrons. The number of amidine groups is 1. The molecule has 0 N–H and O–H groups in total. The van der Waals surface area contributed by atoms with E-state index >= 15 is 0 Å². The molecule has 1 aliphatic rings. The van der Waals surface area contributed by atoms with Gasteiger partial charge in [-0.15, -0.1) is 0 Å². The van der Waals surface area contributed by atoms with Crippen molar-refractivity contribution in [3.63, 3.8) is 0 Å². The summed E-state index contributed by atoms with van der Waals surface area (Å²) in [7, 11) is 0. The Kier molecular flexibility index (Phi) is 3.82. The van der Waals surface area contributed by atoms with Crippen LogP contribution in [-0.2, 0) is 38.5 Å². The van der Waals surface area contributed by atoms with Gasteiger partial charge in [0, 0.05) is 5.17 Å². The second-order valence-corrected chi connectivity index (χ2v) is 1.99. The third kappa shape index (κ3) is 2.23. The molecule has 1 amide bonds. The van der Waals surface area contributed by atoms with Crippen molar-refractivity contribution in [2.75, 3.05) is 0 Å². The summed E-state index contributed by atoms with van der Waals surface area (Å²) in [6.45, 7) is 1.62. The van der Waals surface area contributed by atoms with Crippen molar-refractivity contribution in [1.82, 2.24) is 0 Å². The van der Waals surface area contributed by atoms with Crippen LogP contribution < -0.4 is 0 Å². The van der Waals surface area contributed by atoms with Gasteiger partial charge in [0.2, 0.25) is 0 Å². The molecule has 0 spiro atoms. The summed E-state index contributed by atoms with van der Waals surface area (Å²) in [5.41, 5.74) is 0. The van der Waals surface area contributed by atoms with Gasteiger partial charge in [-0.1, -0.05) is 0 Å². The molecule has 1 rings (SSSR count). The van der Waals surface area contributed by atoms with Crippen LogP contribution in [0.25, 0.3) is 0 Å². The molecule has 0 aromatic rings. The Hall–Kier alpha value is -0.152. The number of azo groups is 1. The molecule has 4 nitrogen and oxygen atoms in total. The van der Waals surface area contributed by atoms with Gasteiger partial charge in [0.1, 0.15) is 6.04 Å². The van der Waals surface area contributed by atoms with Crippen LogP contribution in [0.5, 0.6) is 0 Å². The molecule has 1 heterocycles. The topological polar surface area (TPSA) is 54.1 Å². The first-order valence-corrected chi connectivity index (χ1v) is 2.81. The number of hydrogen-bond donors (Lipinski definition) is 0. The molecule has 6 heteroatoms. The number of rotatable bonds is 0. The summed E-state index contributed by atoms with van der Waals surface area (Å²) in [6.07, 6.45) is 0. The summed E-state index contributed by atoms with van der Waals surface area (Å²) in [4.78, 5) is 14.0. The minimum absolute atomic E-state index is 0. The van der Waals surface area contributed by atoms with Gasteiger partial charge in [0.05, 0.1) is 0 Å². The van der Waals surface area contributed by atoms with Gasteiger partial charge in [0.15, 0.2) is 0 Å². The number of amides is 1. The standard InChI is InChI=1S/C4H5N3OS.Pt/c1-2-3(8)5-4(9)7-6-2;/h2H,1H3,(H,5,8,9);/q;+2/p-1. The van der Waals surface area contributed by atoms with Crippen LogP contribution in [0.3, 0.4) is 0 Å². The van der Waals surface area contributed by atoms with E-state index in [9.17, 15) is 4.79 Å². The van der Waals surface area contributed by atoms with Gasteiger partial charge in [-0.2, -0.15) is 10.2 Å². The van der Waals surface area contributed by atoms with E-state index in [0.29, 0.717) is 0 Å². The number of carbonyl (C=O) groups excluding carboxylic acids is 1. The molecule has 0 aromatic heterocycles. The van der Waals surface area contributed by atoms with Gasteiger partial charge in [-0.3, -0.25) is 4.79 Å². The molecular formula is C4H4N3OPtS+.